The normalized spacial score (nSPS) is 18.1. The van der Waals surface area contributed by atoms with Gasteiger partial charge < -0.3 is 9.64 Å². The molecule has 6 nitrogen and oxygen atoms in total. The van der Waals surface area contributed by atoms with Crippen LogP contribution < -0.4 is 4.74 Å². The Morgan fingerprint density at radius 2 is 1.88 bits per heavy atom. The number of hydrogen-bond donors (Lipinski definition) is 0. The van der Waals surface area contributed by atoms with E-state index in [1.54, 1.807) is 41.3 Å². The molecule has 0 aromatic heterocycles. The number of carbonyl (C=O) groups is 3. The second-order valence-electron chi connectivity index (χ2n) is 8.44. The summed E-state index contributed by atoms with van der Waals surface area (Å²) in [6.45, 7) is 3.54. The molecule has 0 atom stereocenters. The van der Waals surface area contributed by atoms with Crippen molar-refractivity contribution in [1.82, 2.24) is 9.80 Å². The molecule has 34 heavy (non-hydrogen) atoms. The molecule has 9 heteroatoms. The van der Waals surface area contributed by atoms with Crippen LogP contribution in [0.4, 0.5) is 9.18 Å². The van der Waals surface area contributed by atoms with Gasteiger partial charge in [-0.25, -0.2) is 4.39 Å². The van der Waals surface area contributed by atoms with Crippen molar-refractivity contribution in [1.29, 1.82) is 0 Å². The minimum atomic E-state index is -0.457. The molecule has 3 amide bonds. The molecule has 2 aromatic carbocycles. The van der Waals surface area contributed by atoms with Crippen LogP contribution in [0.1, 0.15) is 30.9 Å². The molecule has 2 fully saturated rings. The number of carbonyl (C=O) groups excluding carboxylic acids is 3. The molecular formula is C25H24BrFN2O4S. The van der Waals surface area contributed by atoms with Crippen LogP contribution in [0.25, 0.3) is 6.08 Å². The summed E-state index contributed by atoms with van der Waals surface area (Å²) in [7, 11) is 0. The Balaban J connectivity index is 1.38. The van der Waals surface area contributed by atoms with E-state index in [-0.39, 0.29) is 29.8 Å². The molecule has 0 saturated carbocycles. The van der Waals surface area contributed by atoms with Crippen molar-refractivity contribution in [3.63, 3.8) is 0 Å². The number of imide groups is 1. The minimum Gasteiger partial charge on any atom is -0.488 e. The Morgan fingerprint density at radius 3 is 2.56 bits per heavy atom. The lowest BCUT2D eigenvalue weighted by atomic mass is 9.99. The van der Waals surface area contributed by atoms with Crippen LogP contribution in [-0.2, 0) is 16.2 Å². The zero-order valence-corrected chi connectivity index (χ0v) is 21.0. The molecule has 2 aromatic rings. The van der Waals surface area contributed by atoms with Crippen molar-refractivity contribution < 1.29 is 23.5 Å². The smallest absolute Gasteiger partial charge is 0.294 e. The minimum absolute atomic E-state index is 0.194. The molecule has 178 valence electrons. The fourth-order valence-corrected chi connectivity index (χ4v) is 5.10. The third-order valence-electron chi connectivity index (χ3n) is 5.86. The van der Waals surface area contributed by atoms with Crippen LogP contribution >= 0.6 is 27.7 Å². The molecule has 0 N–H and O–H groups in total. The molecule has 0 bridgehead atoms. The monoisotopic (exact) mass is 546 g/mol. The van der Waals surface area contributed by atoms with Gasteiger partial charge in [0.25, 0.3) is 11.1 Å². The van der Waals surface area contributed by atoms with E-state index in [0.29, 0.717) is 34.8 Å². The fraction of sp³-hybridized carbons (Fsp3) is 0.320. The molecule has 0 aliphatic carbocycles. The summed E-state index contributed by atoms with van der Waals surface area (Å²) in [5.74, 6) is 0.228. The van der Waals surface area contributed by atoms with Gasteiger partial charge >= 0.3 is 0 Å². The van der Waals surface area contributed by atoms with Gasteiger partial charge in [-0.15, -0.1) is 0 Å². The van der Waals surface area contributed by atoms with Gasteiger partial charge in [-0.1, -0.05) is 25.1 Å². The lowest BCUT2D eigenvalue weighted by Crippen LogP contribution is -2.45. The molecule has 0 radical (unpaired) electrons. The van der Waals surface area contributed by atoms with Gasteiger partial charge in [0.2, 0.25) is 5.91 Å². The fourth-order valence-electron chi connectivity index (χ4n) is 3.75. The third-order valence-corrected chi connectivity index (χ3v) is 7.39. The van der Waals surface area contributed by atoms with Crippen LogP contribution in [0, 0.1) is 11.7 Å². The average Bonchev–Trinajstić information content (AvgIpc) is 3.07. The average molecular weight is 547 g/mol. The molecule has 2 aliphatic rings. The first-order valence-electron chi connectivity index (χ1n) is 11.0. The maximum Gasteiger partial charge on any atom is 0.294 e. The number of halogens is 2. The largest absolute Gasteiger partial charge is 0.488 e. The van der Waals surface area contributed by atoms with Gasteiger partial charge in [0, 0.05) is 13.1 Å². The van der Waals surface area contributed by atoms with Crippen LogP contribution in [-0.4, -0.2) is 46.5 Å². The lowest BCUT2D eigenvalue weighted by molar-refractivity contribution is -0.136. The molecule has 2 aliphatic heterocycles. The van der Waals surface area contributed by atoms with E-state index in [9.17, 15) is 18.8 Å². The predicted octanol–water partition coefficient (Wildman–Crippen LogP) is 5.46. The topological polar surface area (TPSA) is 66.9 Å². The highest BCUT2D eigenvalue weighted by molar-refractivity contribution is 9.10. The number of rotatable bonds is 6. The Bertz CT molecular complexity index is 1130. The molecule has 0 spiro atoms. The van der Waals surface area contributed by atoms with Gasteiger partial charge in [0.15, 0.2) is 0 Å². The summed E-state index contributed by atoms with van der Waals surface area (Å²) in [6, 6.07) is 11.4. The zero-order valence-electron chi connectivity index (χ0n) is 18.6. The third kappa shape index (κ3) is 5.88. The Hall–Kier alpha value is -2.65. The van der Waals surface area contributed by atoms with E-state index in [1.165, 1.54) is 12.1 Å². The lowest BCUT2D eigenvalue weighted by Gasteiger charge is -2.31. The Labute approximate surface area is 210 Å². The summed E-state index contributed by atoms with van der Waals surface area (Å²) in [4.78, 5) is 40.8. The first kappa shape index (κ1) is 24.5. The van der Waals surface area contributed by atoms with Crippen molar-refractivity contribution in [2.45, 2.75) is 26.4 Å². The molecule has 2 heterocycles. The van der Waals surface area contributed by atoms with Gasteiger partial charge in [-0.05, 0) is 87.9 Å². The Morgan fingerprint density at radius 1 is 1.18 bits per heavy atom. The van der Waals surface area contributed by atoms with Crippen molar-refractivity contribution in [2.75, 3.05) is 19.6 Å². The SMILES string of the molecule is CC1CCN(C(=O)CN2C(=O)S/C(=C\c3ccc(OCc4ccc(F)cc4)c(Br)c3)C2=O)CC1. The van der Waals surface area contributed by atoms with Crippen molar-refractivity contribution >= 4 is 50.8 Å². The summed E-state index contributed by atoms with van der Waals surface area (Å²) >= 11 is 4.30. The first-order valence-corrected chi connectivity index (χ1v) is 12.6. The van der Waals surface area contributed by atoms with Crippen LogP contribution in [0.2, 0.25) is 0 Å². The second-order valence-corrected chi connectivity index (χ2v) is 10.3. The summed E-state index contributed by atoms with van der Waals surface area (Å²) < 4.78 is 19.5. The van der Waals surface area contributed by atoms with Gasteiger partial charge in [0.05, 0.1) is 9.38 Å². The summed E-state index contributed by atoms with van der Waals surface area (Å²) in [5.41, 5.74) is 1.54. The standard InChI is InChI=1S/C25H24BrFN2O4S/c1-16-8-10-28(11-9-16)23(30)14-29-24(31)22(34-25(29)32)13-18-4-7-21(20(26)12-18)33-15-17-2-5-19(27)6-3-17/h2-7,12-13,16H,8-11,14-15H2,1H3/b22-13-. The van der Waals surface area contributed by atoms with E-state index >= 15 is 0 Å². The van der Waals surface area contributed by atoms with E-state index in [1.807, 2.05) is 0 Å². The molecule has 4 rings (SSSR count). The second kappa shape index (κ2) is 10.7. The highest BCUT2D eigenvalue weighted by Crippen LogP contribution is 2.34. The van der Waals surface area contributed by atoms with Gasteiger partial charge in [0.1, 0.15) is 24.7 Å². The van der Waals surface area contributed by atoms with Crippen LogP contribution in [0.15, 0.2) is 51.8 Å². The van der Waals surface area contributed by atoms with Crippen molar-refractivity contribution in [2.24, 2.45) is 5.92 Å². The number of ether oxygens (including phenoxy) is 1. The van der Waals surface area contributed by atoms with Gasteiger partial charge in [-0.2, -0.15) is 0 Å². The number of amides is 3. The van der Waals surface area contributed by atoms with E-state index in [4.69, 9.17) is 4.74 Å². The molecular weight excluding hydrogens is 523 g/mol. The number of hydrogen-bond acceptors (Lipinski definition) is 5. The first-order chi connectivity index (χ1) is 16.3. The summed E-state index contributed by atoms with van der Waals surface area (Å²) in [5, 5.41) is -0.437. The van der Waals surface area contributed by atoms with Crippen molar-refractivity contribution in [3.05, 3.63) is 68.8 Å². The zero-order chi connectivity index (χ0) is 24.2. The number of benzene rings is 2. The Kier molecular flexibility index (Phi) is 7.73. The maximum atomic E-state index is 13.0. The highest BCUT2D eigenvalue weighted by atomic mass is 79.9. The maximum absolute atomic E-state index is 13.0. The van der Waals surface area contributed by atoms with E-state index < -0.39 is 11.1 Å². The predicted molar refractivity (Wildman–Crippen MR) is 133 cm³/mol. The van der Waals surface area contributed by atoms with Crippen molar-refractivity contribution in [3.8, 4) is 5.75 Å². The number of nitrogens with zero attached hydrogens (tertiary/aromatic N) is 2. The molecule has 2 saturated heterocycles. The van der Waals surface area contributed by atoms with E-state index in [0.717, 1.165) is 35.1 Å². The van der Waals surface area contributed by atoms with Gasteiger partial charge in [-0.3, -0.25) is 19.3 Å². The number of piperidine rings is 1. The number of thioether (sulfide) groups is 1. The molecule has 0 unspecified atom stereocenters. The highest BCUT2D eigenvalue weighted by Gasteiger charge is 2.37. The quantitative estimate of drug-likeness (QED) is 0.450. The summed E-state index contributed by atoms with van der Waals surface area (Å²) in [6.07, 6.45) is 3.50. The van der Waals surface area contributed by atoms with Crippen LogP contribution in [0.5, 0.6) is 5.75 Å². The number of likely N-dealkylation sites (tertiary alicyclic amines) is 1. The van der Waals surface area contributed by atoms with Crippen LogP contribution in [0.3, 0.4) is 0 Å². The van der Waals surface area contributed by atoms with E-state index in [2.05, 4.69) is 22.9 Å².